The molecule has 8 aliphatic rings. The molecule has 142 heavy (non-hydrogen) atoms. The summed E-state index contributed by atoms with van der Waals surface area (Å²) in [6.07, 6.45) is 23.4. The van der Waals surface area contributed by atoms with Crippen LogP contribution in [0.3, 0.4) is 0 Å². The second-order valence-corrected chi connectivity index (χ2v) is 57.4. The average Bonchev–Trinajstić information content (AvgIpc) is 0.962. The van der Waals surface area contributed by atoms with Crippen LogP contribution in [-0.4, -0.2) is 316 Å². The van der Waals surface area contributed by atoms with Crippen LogP contribution in [0.1, 0.15) is 511 Å². The number of rotatable bonds is 18. The van der Waals surface area contributed by atoms with Crippen molar-refractivity contribution in [3.8, 4) is 0 Å². The number of hydrogen-bond acceptors (Lipinski definition) is 15. The van der Waals surface area contributed by atoms with Crippen molar-refractivity contribution in [3.05, 3.63) is 0 Å². The molecule has 2 N–H and O–H groups in total. The first-order chi connectivity index (χ1) is 64.2. The predicted octanol–water partition coefficient (Wildman–Crippen LogP) is 30.9. The van der Waals surface area contributed by atoms with E-state index in [9.17, 15) is 9.59 Å². The molecule has 0 radical (unpaired) electrons. The Bertz CT molecular complexity index is 2790. The average molecular weight is 2020 g/mol. The fourth-order valence-electron chi connectivity index (χ4n) is 17.3. The van der Waals surface area contributed by atoms with Gasteiger partial charge in [-0.25, -0.2) is 0 Å². The molecular formula is C126H276N14O2. The second kappa shape index (κ2) is 78.7. The first kappa shape index (κ1) is 154. The minimum Gasteiger partial charge on any atom is -0.340 e. The van der Waals surface area contributed by atoms with E-state index in [4.69, 9.17) is 0 Å². The molecule has 3 atom stereocenters. The van der Waals surface area contributed by atoms with Crippen LogP contribution in [-0.2, 0) is 9.59 Å². The number of carbonyl (C=O) groups is 2. The van der Waals surface area contributed by atoms with Crippen molar-refractivity contribution in [3.63, 3.8) is 0 Å². The number of likely N-dealkylation sites (tertiary alicyclic amines) is 3. The molecule has 2 saturated carbocycles. The minimum atomic E-state index is 0.202. The molecule has 0 bridgehead atoms. The summed E-state index contributed by atoms with van der Waals surface area (Å²) in [6.45, 7) is 153. The quantitative estimate of drug-likeness (QED) is 0.136. The van der Waals surface area contributed by atoms with Gasteiger partial charge in [0.05, 0.1) is 0 Å². The van der Waals surface area contributed by atoms with E-state index in [1.165, 1.54) is 207 Å². The first-order valence-corrected chi connectivity index (χ1v) is 59.6. The summed E-state index contributed by atoms with van der Waals surface area (Å²) in [6, 6.07) is 6.33. The summed E-state index contributed by atoms with van der Waals surface area (Å²) in [5, 5.41) is 6.88. The van der Waals surface area contributed by atoms with E-state index >= 15 is 0 Å². The molecule has 1 unspecified atom stereocenters. The number of nitrogens with one attached hydrogen (secondary N) is 2. The normalized spacial score (nSPS) is 19.4. The zero-order chi connectivity index (χ0) is 113. The van der Waals surface area contributed by atoms with Crippen molar-refractivity contribution >= 4 is 11.7 Å². The van der Waals surface area contributed by atoms with Crippen LogP contribution in [0.2, 0.25) is 0 Å². The van der Waals surface area contributed by atoms with Crippen LogP contribution in [0.5, 0.6) is 0 Å². The molecule has 16 heteroatoms. The Kier molecular flexibility index (Phi) is 85.1. The highest BCUT2D eigenvalue weighted by Gasteiger charge is 2.32. The third-order valence-corrected chi connectivity index (χ3v) is 29.1. The second-order valence-electron chi connectivity index (χ2n) is 57.4. The molecule has 0 aromatic rings. The van der Waals surface area contributed by atoms with E-state index in [1.807, 2.05) is 4.90 Å². The third kappa shape index (κ3) is 93.4. The van der Waals surface area contributed by atoms with Crippen molar-refractivity contribution in [1.29, 1.82) is 0 Å². The molecule has 6 heterocycles. The summed E-state index contributed by atoms with van der Waals surface area (Å²) in [5.74, 6) is 6.65. The Hall–Kier alpha value is -1.38. The van der Waals surface area contributed by atoms with Crippen LogP contribution in [0.4, 0.5) is 0 Å². The summed E-state index contributed by atoms with van der Waals surface area (Å²) >= 11 is 0. The zero-order valence-electron chi connectivity index (χ0n) is 110. The lowest BCUT2D eigenvalue weighted by Gasteiger charge is -2.42. The monoisotopic (exact) mass is 2020 g/mol. The van der Waals surface area contributed by atoms with E-state index in [0.717, 1.165) is 86.4 Å². The van der Waals surface area contributed by atoms with Crippen molar-refractivity contribution in [2.75, 3.05) is 152 Å². The number of Topliss-reactive ketones (excluding diaryl/α,β-unsaturated/α-hetero) is 1. The molecule has 0 aromatic carbocycles. The standard InChI is InChI=1S/C14H28N2.C11H24N2.C10H20N2O.C10H21N.C10H20O.C9H19N.C9H21N.C8H17N.C8H19N.C7H15N.C7H17N.C6H15N.2C6H14.C5H12/c1-13(2)16-10-8-15(9-11-16)12-14-6-4-3-5-7-14;1-5-6-12-7-9-13(10-8-12)11(2,3)4;1-9(13)11-5-7-12(8-6-11)10(2,3)4;1-9-6-5-7-11(8-9)10(2,3)4;1-7(2)6-10(8(3)4)9(5)11;1-8(2)10-6-4-9(3)5-7-10;1-7(2)10(8(3)4)9(5)6;1-7(2)9-5-4-8(3)6-9;1-7(2)9(6)8(3,4)5;1-7(2,3)8-6-4-5-6;1-6(2)8-7(3,4)5;1-6(2,3)7(4)5;2*1-5-6(2,3)4;1-4-5(2)3/h13-14H,3-12H2,1-2H3;5-10H2,1-4H3;5-8H2,1-4H3;9H,5-8H2,1-4H3;7-8,10H,6H2,1-5H3;8-9H,4-7H2,1-3H3;7-9H,1-6H3;7-8H,4-6H2,1-3H3;7H,1-6H3;6,8H,4-5H2,1-3H3;6,8H,1-5H3;1-5H3;2*5H2,1-4H3;5H,4H2,1-3H3/t;;;9-;;;;8-;;;;;;;/m...1...1......./s1. The van der Waals surface area contributed by atoms with Crippen LogP contribution >= 0.6 is 0 Å². The topological polar surface area (TPSA) is 97.1 Å². The van der Waals surface area contributed by atoms with E-state index < -0.39 is 0 Å². The van der Waals surface area contributed by atoms with E-state index in [2.05, 4.69) is 473 Å². The van der Waals surface area contributed by atoms with E-state index in [1.54, 1.807) is 13.8 Å². The molecular weight excluding hydrogens is 1740 g/mol. The summed E-state index contributed by atoms with van der Waals surface area (Å²) < 4.78 is 0. The molecule has 0 aromatic heterocycles. The van der Waals surface area contributed by atoms with E-state index in [-0.39, 0.29) is 22.9 Å². The maximum Gasteiger partial charge on any atom is 0.219 e. The van der Waals surface area contributed by atoms with Gasteiger partial charge in [0.25, 0.3) is 0 Å². The maximum atomic E-state index is 11.1. The van der Waals surface area contributed by atoms with Gasteiger partial charge in [-0.1, -0.05) is 184 Å². The van der Waals surface area contributed by atoms with Gasteiger partial charge < -0.3 is 40.0 Å². The van der Waals surface area contributed by atoms with Gasteiger partial charge in [0.1, 0.15) is 5.78 Å². The van der Waals surface area contributed by atoms with Crippen LogP contribution in [0.25, 0.3) is 0 Å². The fraction of sp³-hybridized carbons (Fsp3) is 0.984. The van der Waals surface area contributed by atoms with Gasteiger partial charge in [-0.2, -0.15) is 0 Å². The highest BCUT2D eigenvalue weighted by molar-refractivity contribution is 5.78. The Morgan fingerprint density at radius 1 is 0.366 bits per heavy atom. The summed E-state index contributed by atoms with van der Waals surface area (Å²) in [4.78, 5) is 51.7. The van der Waals surface area contributed by atoms with Gasteiger partial charge in [0.15, 0.2) is 0 Å². The lowest BCUT2D eigenvalue weighted by atomic mass is 9.85. The highest BCUT2D eigenvalue weighted by Crippen LogP contribution is 2.29. The number of carbonyl (C=O) groups excluding carboxylic acids is 2. The molecule has 2 aliphatic carbocycles. The number of nitrogens with zero attached hydrogens (tertiary/aromatic N) is 12. The molecule has 0 spiro atoms. The summed E-state index contributed by atoms with van der Waals surface area (Å²) in [5.41, 5.74) is 3.32. The Morgan fingerprint density at radius 2 is 0.718 bits per heavy atom. The number of hydrogen-bond donors (Lipinski definition) is 2. The predicted molar refractivity (Wildman–Crippen MR) is 647 cm³/mol. The van der Waals surface area contributed by atoms with Crippen molar-refractivity contribution in [2.45, 2.75) is 604 Å². The van der Waals surface area contributed by atoms with Crippen LogP contribution < -0.4 is 10.6 Å². The highest BCUT2D eigenvalue weighted by atomic mass is 16.2. The molecule has 1 amide bonds. The van der Waals surface area contributed by atoms with E-state index in [0.29, 0.717) is 86.4 Å². The smallest absolute Gasteiger partial charge is 0.219 e. The molecule has 862 valence electrons. The lowest BCUT2D eigenvalue weighted by Crippen LogP contribution is -2.54. The number of ketones is 1. The molecule has 6 aliphatic heterocycles. The Morgan fingerprint density at radius 3 is 0.923 bits per heavy atom. The van der Waals surface area contributed by atoms with Crippen molar-refractivity contribution in [1.82, 2.24) is 69.4 Å². The molecule has 8 fully saturated rings. The minimum absolute atomic E-state index is 0.202. The van der Waals surface area contributed by atoms with Crippen molar-refractivity contribution in [2.24, 2.45) is 58.2 Å². The van der Waals surface area contributed by atoms with Gasteiger partial charge in [-0.15, -0.1) is 0 Å². The third-order valence-electron chi connectivity index (χ3n) is 29.1. The first-order valence-electron chi connectivity index (χ1n) is 59.6. The van der Waals surface area contributed by atoms with Gasteiger partial charge in [-0.05, 0) is 426 Å². The molecule has 6 saturated heterocycles. The maximum absolute atomic E-state index is 11.1. The lowest BCUT2D eigenvalue weighted by molar-refractivity contribution is -0.131. The van der Waals surface area contributed by atoms with Gasteiger partial charge in [-0.3, -0.25) is 39.0 Å². The fourth-order valence-corrected chi connectivity index (χ4v) is 17.3. The number of piperazine rings is 3. The van der Waals surface area contributed by atoms with Crippen LogP contribution in [0.15, 0.2) is 0 Å². The van der Waals surface area contributed by atoms with Gasteiger partial charge in [0.2, 0.25) is 5.91 Å². The number of amides is 1. The zero-order valence-corrected chi connectivity index (χ0v) is 110. The molecule has 16 nitrogen and oxygen atoms in total. The Balaban J connectivity index is -0.000000277. The van der Waals surface area contributed by atoms with Crippen molar-refractivity contribution < 1.29 is 9.59 Å². The molecule has 8 rings (SSSR count). The number of piperidine rings is 2. The van der Waals surface area contributed by atoms with Gasteiger partial charge >= 0.3 is 0 Å². The van der Waals surface area contributed by atoms with Crippen LogP contribution in [0, 0.1) is 58.2 Å². The van der Waals surface area contributed by atoms with Gasteiger partial charge in [0, 0.05) is 204 Å². The SMILES string of the molecule is CC(=O)C(CC(C)C)C(C)C.CC(=O)N1CCN(C(C)(C)C)CC1.CC(C)(C)NC1CC1.CC(C)N(C(C)C)C(C)C.CC(C)N(C)C(C)(C)C.CC(C)N1CCN(CC2CCCCC2)CC1.CC(C)N1CC[C@@H](C)C1.CC(C)NC(C)(C)C.CC1CCN(C(C)C)CC1.CCC(C)(C)C.CCC(C)(C)C.CCC(C)C.CCCN1CCN(C(C)(C)C)CC1.CN(C)C(C)(C)C.C[C@@H]1CCCN(C(C)(C)C)C1. The largest absolute Gasteiger partial charge is 0.340 e. The summed E-state index contributed by atoms with van der Waals surface area (Å²) in [7, 11) is 6.32. The Labute approximate surface area is 899 Å².